The molecule has 0 saturated heterocycles. The summed E-state index contributed by atoms with van der Waals surface area (Å²) in [5.41, 5.74) is 1.37. The standard InChI is InChI=1S/C6H12N2O/c1-4-7-5(2)6(3)8-9/h9H,4H2,1-3H3/b7-5?,8-6+. The van der Waals surface area contributed by atoms with Crippen molar-refractivity contribution in [1.82, 2.24) is 0 Å². The largest absolute Gasteiger partial charge is 0.411 e. The Morgan fingerprint density at radius 3 is 2.22 bits per heavy atom. The molecule has 0 saturated carbocycles. The zero-order chi connectivity index (χ0) is 7.28. The molecule has 0 unspecified atom stereocenters. The minimum atomic E-state index is 0.580. The van der Waals surface area contributed by atoms with Crippen LogP contribution in [-0.2, 0) is 0 Å². The number of aliphatic imine (C=N–C) groups is 1. The van der Waals surface area contributed by atoms with Crippen molar-refractivity contribution in [2.75, 3.05) is 6.54 Å². The van der Waals surface area contributed by atoms with Crippen LogP contribution in [0.4, 0.5) is 0 Å². The highest BCUT2D eigenvalue weighted by atomic mass is 16.4. The summed E-state index contributed by atoms with van der Waals surface area (Å²) < 4.78 is 0. The molecule has 0 radical (unpaired) electrons. The van der Waals surface area contributed by atoms with E-state index < -0.39 is 0 Å². The Morgan fingerprint density at radius 1 is 1.33 bits per heavy atom. The van der Waals surface area contributed by atoms with Crippen LogP contribution in [0, 0.1) is 0 Å². The minimum absolute atomic E-state index is 0.580. The summed E-state index contributed by atoms with van der Waals surface area (Å²) in [6.07, 6.45) is 0. The van der Waals surface area contributed by atoms with Crippen LogP contribution >= 0.6 is 0 Å². The van der Waals surface area contributed by atoms with E-state index in [1.165, 1.54) is 0 Å². The van der Waals surface area contributed by atoms with Crippen LogP contribution in [0.25, 0.3) is 0 Å². The molecule has 0 bridgehead atoms. The van der Waals surface area contributed by atoms with Crippen LogP contribution < -0.4 is 0 Å². The third kappa shape index (κ3) is 2.85. The Hall–Kier alpha value is -0.860. The summed E-state index contributed by atoms with van der Waals surface area (Å²) in [4.78, 5) is 4.02. The van der Waals surface area contributed by atoms with Gasteiger partial charge in [-0.1, -0.05) is 5.16 Å². The Labute approximate surface area is 55.1 Å². The predicted octanol–water partition coefficient (Wildman–Crippen LogP) is 1.32. The molecule has 0 fully saturated rings. The van der Waals surface area contributed by atoms with Gasteiger partial charge >= 0.3 is 0 Å². The second kappa shape index (κ2) is 4.06. The first-order valence-corrected chi connectivity index (χ1v) is 2.92. The lowest BCUT2D eigenvalue weighted by Gasteiger charge is -1.93. The Balaban J connectivity index is 4.03. The molecule has 0 atom stereocenters. The van der Waals surface area contributed by atoms with E-state index in [1.807, 2.05) is 13.8 Å². The normalized spacial score (nSPS) is 14.1. The van der Waals surface area contributed by atoms with Crippen molar-refractivity contribution in [1.29, 1.82) is 0 Å². The van der Waals surface area contributed by atoms with Gasteiger partial charge in [-0.2, -0.15) is 0 Å². The molecular weight excluding hydrogens is 116 g/mol. The molecule has 52 valence electrons. The fourth-order valence-corrected chi connectivity index (χ4v) is 0.424. The first-order valence-electron chi connectivity index (χ1n) is 2.92. The summed E-state index contributed by atoms with van der Waals surface area (Å²) in [6, 6.07) is 0. The van der Waals surface area contributed by atoms with E-state index in [0.717, 1.165) is 12.3 Å². The average Bonchev–Trinajstić information content (AvgIpc) is 1.87. The topological polar surface area (TPSA) is 45.0 Å². The van der Waals surface area contributed by atoms with Crippen LogP contribution in [0.15, 0.2) is 10.1 Å². The molecule has 0 amide bonds. The summed E-state index contributed by atoms with van der Waals surface area (Å²) in [5, 5.41) is 11.2. The highest BCUT2D eigenvalue weighted by Gasteiger charge is 1.92. The van der Waals surface area contributed by atoms with Crippen LogP contribution in [-0.4, -0.2) is 23.2 Å². The van der Waals surface area contributed by atoms with Crippen LogP contribution in [0.5, 0.6) is 0 Å². The Bertz CT molecular complexity index is 138. The molecule has 0 spiro atoms. The lowest BCUT2D eigenvalue weighted by Crippen LogP contribution is -2.05. The quantitative estimate of drug-likeness (QED) is 0.340. The fourth-order valence-electron chi connectivity index (χ4n) is 0.424. The molecule has 0 rings (SSSR count). The lowest BCUT2D eigenvalue weighted by molar-refractivity contribution is 0.320. The van der Waals surface area contributed by atoms with E-state index in [1.54, 1.807) is 6.92 Å². The first-order chi connectivity index (χ1) is 4.22. The monoisotopic (exact) mass is 128 g/mol. The molecule has 3 heteroatoms. The zero-order valence-corrected chi connectivity index (χ0v) is 6.05. The van der Waals surface area contributed by atoms with Gasteiger partial charge in [-0.3, -0.25) is 4.99 Å². The summed E-state index contributed by atoms with van der Waals surface area (Å²) >= 11 is 0. The van der Waals surface area contributed by atoms with Crippen molar-refractivity contribution in [3.05, 3.63) is 0 Å². The second-order valence-electron chi connectivity index (χ2n) is 1.75. The maximum absolute atomic E-state index is 8.24. The van der Waals surface area contributed by atoms with Gasteiger partial charge < -0.3 is 5.21 Å². The maximum Gasteiger partial charge on any atom is 0.0971 e. The molecule has 0 aliphatic heterocycles. The van der Waals surface area contributed by atoms with E-state index in [-0.39, 0.29) is 0 Å². The summed E-state index contributed by atoms with van der Waals surface area (Å²) in [5.74, 6) is 0. The molecule has 9 heavy (non-hydrogen) atoms. The SMILES string of the molecule is CCN=C(C)/C(C)=N/O. The van der Waals surface area contributed by atoms with Gasteiger partial charge in [0, 0.05) is 6.54 Å². The number of oxime groups is 1. The third-order valence-corrected chi connectivity index (χ3v) is 1.07. The van der Waals surface area contributed by atoms with Crippen molar-refractivity contribution in [3.63, 3.8) is 0 Å². The minimum Gasteiger partial charge on any atom is -0.411 e. The predicted molar refractivity (Wildman–Crippen MR) is 38.5 cm³/mol. The van der Waals surface area contributed by atoms with E-state index in [4.69, 9.17) is 5.21 Å². The Morgan fingerprint density at radius 2 is 1.89 bits per heavy atom. The van der Waals surface area contributed by atoms with Gasteiger partial charge in [0.25, 0.3) is 0 Å². The van der Waals surface area contributed by atoms with Crippen LogP contribution in [0.1, 0.15) is 20.8 Å². The fraction of sp³-hybridized carbons (Fsp3) is 0.667. The average molecular weight is 128 g/mol. The van der Waals surface area contributed by atoms with Gasteiger partial charge in [0.2, 0.25) is 0 Å². The second-order valence-corrected chi connectivity index (χ2v) is 1.75. The zero-order valence-electron chi connectivity index (χ0n) is 6.05. The molecule has 0 heterocycles. The van der Waals surface area contributed by atoms with Crippen LogP contribution in [0.3, 0.4) is 0 Å². The van der Waals surface area contributed by atoms with E-state index in [9.17, 15) is 0 Å². The molecule has 0 aromatic rings. The smallest absolute Gasteiger partial charge is 0.0971 e. The van der Waals surface area contributed by atoms with Gasteiger partial charge in [-0.05, 0) is 20.8 Å². The van der Waals surface area contributed by atoms with Gasteiger partial charge in [0.1, 0.15) is 0 Å². The molecule has 3 nitrogen and oxygen atoms in total. The molecule has 1 N–H and O–H groups in total. The first kappa shape index (κ1) is 8.14. The highest BCUT2D eigenvalue weighted by molar-refractivity contribution is 6.40. The molecular formula is C6H12N2O. The highest BCUT2D eigenvalue weighted by Crippen LogP contribution is 1.82. The molecule has 0 aliphatic rings. The molecule has 0 aromatic heterocycles. The van der Waals surface area contributed by atoms with Crippen LogP contribution in [0.2, 0.25) is 0 Å². The van der Waals surface area contributed by atoms with Crippen molar-refractivity contribution in [2.45, 2.75) is 20.8 Å². The number of hydrogen-bond donors (Lipinski definition) is 1. The molecule has 0 aromatic carbocycles. The van der Waals surface area contributed by atoms with Crippen molar-refractivity contribution in [3.8, 4) is 0 Å². The lowest BCUT2D eigenvalue weighted by atomic mass is 10.3. The van der Waals surface area contributed by atoms with E-state index in [0.29, 0.717) is 5.71 Å². The summed E-state index contributed by atoms with van der Waals surface area (Å²) in [7, 11) is 0. The van der Waals surface area contributed by atoms with Gasteiger partial charge in [0.05, 0.1) is 11.4 Å². The Kier molecular flexibility index (Phi) is 3.67. The van der Waals surface area contributed by atoms with Gasteiger partial charge in [-0.15, -0.1) is 0 Å². The number of rotatable bonds is 2. The number of nitrogens with zero attached hydrogens (tertiary/aromatic N) is 2. The number of hydrogen-bond acceptors (Lipinski definition) is 3. The van der Waals surface area contributed by atoms with Crippen molar-refractivity contribution < 1.29 is 5.21 Å². The van der Waals surface area contributed by atoms with Crippen molar-refractivity contribution in [2.24, 2.45) is 10.1 Å². The van der Waals surface area contributed by atoms with E-state index in [2.05, 4.69) is 10.1 Å². The third-order valence-electron chi connectivity index (χ3n) is 1.07. The van der Waals surface area contributed by atoms with Gasteiger partial charge in [-0.25, -0.2) is 0 Å². The molecule has 0 aliphatic carbocycles. The van der Waals surface area contributed by atoms with Gasteiger partial charge in [0.15, 0.2) is 0 Å². The van der Waals surface area contributed by atoms with E-state index >= 15 is 0 Å². The summed E-state index contributed by atoms with van der Waals surface area (Å²) in [6.45, 7) is 6.21. The maximum atomic E-state index is 8.24. The van der Waals surface area contributed by atoms with Crippen molar-refractivity contribution >= 4 is 11.4 Å².